The molecular weight excluding hydrogens is 442 g/mol. The van der Waals surface area contributed by atoms with Crippen molar-refractivity contribution in [3.05, 3.63) is 65.9 Å². The number of aromatic nitrogens is 3. The normalized spacial score (nSPS) is 22.2. The highest BCUT2D eigenvalue weighted by molar-refractivity contribution is 7.21. The number of para-hydroxylation sites is 1. The molecule has 2 heterocycles. The van der Waals surface area contributed by atoms with Crippen LogP contribution in [0.1, 0.15) is 31.5 Å². The summed E-state index contributed by atoms with van der Waals surface area (Å²) in [5.41, 5.74) is 4.02. The summed E-state index contributed by atoms with van der Waals surface area (Å²) in [5, 5.41) is 17.9. The van der Waals surface area contributed by atoms with Crippen LogP contribution in [0.4, 0.5) is 11.8 Å². The molecule has 7 heteroatoms. The van der Waals surface area contributed by atoms with Gasteiger partial charge in [-0.3, -0.25) is 0 Å². The highest BCUT2D eigenvalue weighted by Crippen LogP contribution is 2.41. The quantitative estimate of drug-likeness (QED) is 0.318. The van der Waals surface area contributed by atoms with Gasteiger partial charge < -0.3 is 15.7 Å². The van der Waals surface area contributed by atoms with Gasteiger partial charge in [0.25, 0.3) is 0 Å². The highest BCUT2D eigenvalue weighted by atomic mass is 32.1. The van der Waals surface area contributed by atoms with E-state index in [0.29, 0.717) is 30.2 Å². The zero-order chi connectivity index (χ0) is 23.7. The van der Waals surface area contributed by atoms with Gasteiger partial charge in [-0.15, -0.1) is 11.3 Å². The lowest BCUT2D eigenvalue weighted by Crippen LogP contribution is -2.25. The number of anilines is 2. The van der Waals surface area contributed by atoms with Gasteiger partial charge in [0.15, 0.2) is 0 Å². The predicted molar refractivity (Wildman–Crippen MR) is 140 cm³/mol. The van der Waals surface area contributed by atoms with Crippen LogP contribution in [0.15, 0.2) is 54.6 Å². The lowest BCUT2D eigenvalue weighted by Gasteiger charge is -2.22. The molecule has 3 N–H and O–H groups in total. The number of aryl methyl sites for hydroxylation is 1. The number of thiazole rings is 1. The van der Waals surface area contributed by atoms with Crippen molar-refractivity contribution >= 4 is 33.3 Å². The van der Waals surface area contributed by atoms with Crippen LogP contribution in [-0.4, -0.2) is 32.7 Å². The van der Waals surface area contributed by atoms with Crippen LogP contribution >= 0.6 is 11.3 Å². The number of hydrogen-bond donors (Lipinski definition) is 3. The van der Waals surface area contributed by atoms with Gasteiger partial charge in [0.1, 0.15) is 10.8 Å². The van der Waals surface area contributed by atoms with Gasteiger partial charge in [-0.05, 0) is 48.8 Å². The molecule has 2 aromatic carbocycles. The Hall–Kier alpha value is -3.03. The van der Waals surface area contributed by atoms with Crippen molar-refractivity contribution in [1.29, 1.82) is 0 Å². The third kappa shape index (κ3) is 4.50. The van der Waals surface area contributed by atoms with Gasteiger partial charge >= 0.3 is 0 Å². The Morgan fingerprint density at radius 2 is 1.74 bits per heavy atom. The van der Waals surface area contributed by atoms with Crippen LogP contribution in [0.5, 0.6) is 0 Å². The lowest BCUT2D eigenvalue weighted by atomic mass is 9.92. The summed E-state index contributed by atoms with van der Waals surface area (Å²) in [4.78, 5) is 14.6. The lowest BCUT2D eigenvalue weighted by molar-refractivity contribution is 0.191. The van der Waals surface area contributed by atoms with Crippen molar-refractivity contribution in [2.75, 3.05) is 17.2 Å². The number of aliphatic hydroxyl groups is 1. The molecule has 0 spiro atoms. The second-order valence-electron chi connectivity index (χ2n) is 9.33. The van der Waals surface area contributed by atoms with Crippen molar-refractivity contribution in [1.82, 2.24) is 15.0 Å². The Bertz CT molecular complexity index is 1240. The summed E-state index contributed by atoms with van der Waals surface area (Å²) in [6, 6.07) is 18.7. The van der Waals surface area contributed by atoms with Crippen molar-refractivity contribution in [3.8, 4) is 10.6 Å². The van der Waals surface area contributed by atoms with Crippen LogP contribution in [0, 0.1) is 24.7 Å². The maximum Gasteiger partial charge on any atom is 0.225 e. The van der Waals surface area contributed by atoms with Gasteiger partial charge in [0.05, 0.1) is 21.5 Å². The summed E-state index contributed by atoms with van der Waals surface area (Å²) in [6.45, 7) is 7.40. The molecule has 4 atom stereocenters. The van der Waals surface area contributed by atoms with Crippen molar-refractivity contribution in [2.24, 2.45) is 17.8 Å². The van der Waals surface area contributed by atoms with E-state index in [-0.39, 0.29) is 12.6 Å². The van der Waals surface area contributed by atoms with Gasteiger partial charge in [-0.25, -0.2) is 9.97 Å². The average molecular weight is 474 g/mol. The molecule has 1 fully saturated rings. The molecule has 0 amide bonds. The van der Waals surface area contributed by atoms with Gasteiger partial charge in [-0.1, -0.05) is 56.3 Å². The van der Waals surface area contributed by atoms with E-state index in [1.165, 1.54) is 5.56 Å². The molecule has 34 heavy (non-hydrogen) atoms. The second kappa shape index (κ2) is 9.68. The first-order valence-electron chi connectivity index (χ1n) is 11.9. The average Bonchev–Trinajstić information content (AvgIpc) is 3.39. The van der Waals surface area contributed by atoms with Crippen LogP contribution in [0.25, 0.3) is 20.8 Å². The number of nitrogens with one attached hydrogen (secondary N) is 2. The minimum atomic E-state index is 0.223. The first kappa shape index (κ1) is 22.7. The van der Waals surface area contributed by atoms with E-state index < -0.39 is 0 Å². The molecule has 6 nitrogen and oxygen atoms in total. The molecular formula is C27H31N5OS. The summed E-state index contributed by atoms with van der Waals surface area (Å²) in [6.07, 6.45) is 0.925. The fourth-order valence-corrected chi connectivity index (χ4v) is 5.99. The smallest absolute Gasteiger partial charge is 0.225 e. The van der Waals surface area contributed by atoms with E-state index in [1.807, 2.05) is 43.3 Å². The molecule has 176 valence electrons. The number of fused-ring (bicyclic) bond motifs is 1. The number of nitrogens with zero attached hydrogens (tertiary/aromatic N) is 3. The first-order valence-corrected chi connectivity index (χ1v) is 12.7. The predicted octanol–water partition coefficient (Wildman–Crippen LogP) is 5.74. The monoisotopic (exact) mass is 473 g/mol. The molecule has 5 rings (SSSR count). The van der Waals surface area contributed by atoms with Gasteiger partial charge in [0.2, 0.25) is 5.95 Å². The van der Waals surface area contributed by atoms with Crippen molar-refractivity contribution in [2.45, 2.75) is 39.8 Å². The molecule has 0 bridgehead atoms. The number of hydrogen-bond acceptors (Lipinski definition) is 7. The zero-order valence-corrected chi connectivity index (χ0v) is 20.6. The fourth-order valence-electron chi connectivity index (χ4n) is 4.93. The fraction of sp³-hybridized carbons (Fsp3) is 0.370. The molecule has 2 aromatic heterocycles. The molecule has 1 aliphatic rings. The van der Waals surface area contributed by atoms with E-state index >= 15 is 0 Å². The molecule has 1 aliphatic carbocycles. The minimum absolute atomic E-state index is 0.223. The van der Waals surface area contributed by atoms with Crippen LogP contribution < -0.4 is 10.6 Å². The Kier molecular flexibility index (Phi) is 6.48. The maximum absolute atomic E-state index is 9.85. The van der Waals surface area contributed by atoms with Crippen LogP contribution in [0.3, 0.4) is 0 Å². The van der Waals surface area contributed by atoms with E-state index in [0.717, 1.165) is 38.7 Å². The first-order chi connectivity index (χ1) is 16.5. The summed E-state index contributed by atoms with van der Waals surface area (Å²) in [5.74, 6) is 2.59. The Labute approximate surface area is 204 Å². The SMILES string of the molecule is Cc1nc(NCc2ccccc2)nc(N[C@@H]2C[C@H](CO)[C@@H](C)[C@H]2C)c1-c1nc2ccccc2s1. The molecule has 1 saturated carbocycles. The standard InChI is InChI=1S/C27H31N5OS/c1-16-17(2)22(13-20(16)15-33)30-25-24(26-31-21-11-7-8-12-23(21)34-26)18(3)29-27(32-25)28-14-19-9-5-4-6-10-19/h4-12,16-17,20,22,33H,13-15H2,1-3H3,(H2,28,29,30,32)/t16-,17+,20+,22+/m0/s1. The molecule has 4 aromatic rings. The van der Waals surface area contributed by atoms with E-state index in [4.69, 9.17) is 15.0 Å². The molecule has 0 saturated heterocycles. The van der Waals surface area contributed by atoms with Gasteiger partial charge in [0, 0.05) is 19.2 Å². The van der Waals surface area contributed by atoms with Crippen molar-refractivity contribution in [3.63, 3.8) is 0 Å². The zero-order valence-electron chi connectivity index (χ0n) is 19.8. The Morgan fingerprint density at radius 3 is 2.47 bits per heavy atom. The van der Waals surface area contributed by atoms with Crippen LogP contribution in [0.2, 0.25) is 0 Å². The largest absolute Gasteiger partial charge is 0.396 e. The molecule has 0 unspecified atom stereocenters. The molecule has 0 radical (unpaired) electrons. The third-order valence-corrected chi connectivity index (χ3v) is 8.27. The summed E-state index contributed by atoms with van der Waals surface area (Å²) in [7, 11) is 0. The number of aliphatic hydroxyl groups excluding tert-OH is 1. The summed E-state index contributed by atoms with van der Waals surface area (Å²) >= 11 is 1.67. The maximum atomic E-state index is 9.85. The number of benzene rings is 2. The topological polar surface area (TPSA) is 83.0 Å². The molecule has 0 aliphatic heterocycles. The Balaban J connectivity index is 1.51. The Morgan fingerprint density at radius 1 is 0.971 bits per heavy atom. The van der Waals surface area contributed by atoms with E-state index in [1.54, 1.807) is 11.3 Å². The highest BCUT2D eigenvalue weighted by Gasteiger charge is 2.38. The van der Waals surface area contributed by atoms with Crippen LogP contribution in [-0.2, 0) is 6.54 Å². The minimum Gasteiger partial charge on any atom is -0.396 e. The van der Waals surface area contributed by atoms with Gasteiger partial charge in [-0.2, -0.15) is 4.98 Å². The third-order valence-electron chi connectivity index (χ3n) is 7.21. The number of rotatable bonds is 7. The second-order valence-corrected chi connectivity index (χ2v) is 10.4. The van der Waals surface area contributed by atoms with E-state index in [9.17, 15) is 5.11 Å². The van der Waals surface area contributed by atoms with Crippen molar-refractivity contribution < 1.29 is 5.11 Å². The summed E-state index contributed by atoms with van der Waals surface area (Å²) < 4.78 is 1.15. The van der Waals surface area contributed by atoms with E-state index in [2.05, 4.69) is 42.7 Å².